The topological polar surface area (TPSA) is 59.1 Å². The molecule has 0 saturated carbocycles. The van der Waals surface area contributed by atoms with Crippen molar-refractivity contribution in [1.29, 1.82) is 0 Å². The molecule has 0 aliphatic rings. The predicted molar refractivity (Wildman–Crippen MR) is 110 cm³/mol. The highest BCUT2D eigenvalue weighted by Gasteiger charge is 2.22. The molecular formula is C21H27FN2O4S. The average molecular weight is 423 g/mol. The van der Waals surface area contributed by atoms with Crippen molar-refractivity contribution >= 4 is 23.2 Å². The number of nitrogens with zero attached hydrogens (tertiary/aromatic N) is 2. The molecular weight excluding hydrogens is 395 g/mol. The van der Waals surface area contributed by atoms with Gasteiger partial charge in [0.1, 0.15) is 12.4 Å². The van der Waals surface area contributed by atoms with Crippen LogP contribution in [0.2, 0.25) is 0 Å². The van der Waals surface area contributed by atoms with E-state index < -0.39 is 0 Å². The number of benzene rings is 1. The third-order valence-corrected chi connectivity index (χ3v) is 5.15. The number of carbonyl (C=O) groups excluding carboxylic acids is 2. The Morgan fingerprint density at radius 2 is 1.76 bits per heavy atom. The van der Waals surface area contributed by atoms with Gasteiger partial charge in [-0.2, -0.15) is 0 Å². The minimum atomic E-state index is -0.320. The highest BCUT2D eigenvalue weighted by Crippen LogP contribution is 2.16. The third kappa shape index (κ3) is 7.92. The standard InChI is InChI=1S/C21H27FN2O4S/c1-27-11-4-10-23(21(26)16-28-2)15-20(25)24(14-19-5-3-12-29-19)13-17-6-8-18(22)9-7-17/h3,5-9,12H,4,10-11,13-16H2,1-2H3. The van der Waals surface area contributed by atoms with Crippen molar-refractivity contribution in [3.05, 3.63) is 58.0 Å². The molecule has 0 N–H and O–H groups in total. The molecule has 2 aromatic rings. The van der Waals surface area contributed by atoms with Crippen LogP contribution in [0.1, 0.15) is 16.9 Å². The summed E-state index contributed by atoms with van der Waals surface area (Å²) in [5.74, 6) is -0.737. The van der Waals surface area contributed by atoms with Gasteiger partial charge in [-0.05, 0) is 35.6 Å². The molecule has 0 spiro atoms. The number of hydrogen-bond donors (Lipinski definition) is 0. The molecule has 0 unspecified atom stereocenters. The summed E-state index contributed by atoms with van der Waals surface area (Å²) in [6.07, 6.45) is 0.627. The summed E-state index contributed by atoms with van der Waals surface area (Å²) in [5.41, 5.74) is 0.824. The predicted octanol–water partition coefficient (Wildman–Crippen LogP) is 2.93. The van der Waals surface area contributed by atoms with Crippen LogP contribution in [0.5, 0.6) is 0 Å². The van der Waals surface area contributed by atoms with E-state index in [1.807, 2.05) is 17.5 Å². The summed E-state index contributed by atoms with van der Waals surface area (Å²) < 4.78 is 23.2. The fourth-order valence-electron chi connectivity index (χ4n) is 2.80. The number of thiophene rings is 1. The van der Waals surface area contributed by atoms with Crippen LogP contribution in [0.15, 0.2) is 41.8 Å². The van der Waals surface area contributed by atoms with Gasteiger partial charge < -0.3 is 19.3 Å². The minimum absolute atomic E-state index is 0.0432. The summed E-state index contributed by atoms with van der Waals surface area (Å²) in [7, 11) is 3.04. The SMILES string of the molecule is COCCCN(CC(=O)N(Cc1ccc(F)cc1)Cc1cccs1)C(=O)COC. The first-order valence-electron chi connectivity index (χ1n) is 9.33. The first kappa shape index (κ1) is 23.0. The van der Waals surface area contributed by atoms with Crippen LogP contribution in [-0.4, -0.2) is 62.1 Å². The second-order valence-electron chi connectivity index (χ2n) is 6.55. The first-order chi connectivity index (χ1) is 14.0. The molecule has 2 rings (SSSR count). The van der Waals surface area contributed by atoms with Crippen LogP contribution in [0.4, 0.5) is 4.39 Å². The van der Waals surface area contributed by atoms with Gasteiger partial charge in [-0.15, -0.1) is 11.3 Å². The Bertz CT molecular complexity index is 753. The van der Waals surface area contributed by atoms with Crippen LogP contribution in [-0.2, 0) is 32.2 Å². The van der Waals surface area contributed by atoms with Gasteiger partial charge in [-0.3, -0.25) is 9.59 Å². The lowest BCUT2D eigenvalue weighted by atomic mass is 10.2. The Morgan fingerprint density at radius 1 is 1.00 bits per heavy atom. The lowest BCUT2D eigenvalue weighted by Gasteiger charge is -2.27. The second kappa shape index (κ2) is 12.3. The van der Waals surface area contributed by atoms with Gasteiger partial charge >= 0.3 is 0 Å². The van der Waals surface area contributed by atoms with Gasteiger partial charge in [0.15, 0.2) is 0 Å². The Hall–Kier alpha value is -2.29. The number of methoxy groups -OCH3 is 2. The summed E-state index contributed by atoms with van der Waals surface area (Å²) in [6.45, 7) is 1.55. The van der Waals surface area contributed by atoms with Gasteiger partial charge in [0, 0.05) is 38.8 Å². The van der Waals surface area contributed by atoms with Gasteiger partial charge in [0.25, 0.3) is 0 Å². The first-order valence-corrected chi connectivity index (χ1v) is 10.2. The van der Waals surface area contributed by atoms with Crippen molar-refractivity contribution in [2.75, 3.05) is 40.5 Å². The molecule has 1 aromatic heterocycles. The van der Waals surface area contributed by atoms with E-state index >= 15 is 0 Å². The molecule has 8 heteroatoms. The number of carbonyl (C=O) groups is 2. The van der Waals surface area contributed by atoms with E-state index in [1.165, 1.54) is 24.1 Å². The van der Waals surface area contributed by atoms with E-state index in [2.05, 4.69) is 0 Å². The molecule has 0 fully saturated rings. The zero-order chi connectivity index (χ0) is 21.1. The van der Waals surface area contributed by atoms with Crippen molar-refractivity contribution in [2.24, 2.45) is 0 Å². The zero-order valence-corrected chi connectivity index (χ0v) is 17.6. The van der Waals surface area contributed by atoms with Gasteiger partial charge in [-0.25, -0.2) is 4.39 Å². The summed E-state index contributed by atoms with van der Waals surface area (Å²) in [5, 5.41) is 1.95. The Labute approximate surface area is 174 Å². The second-order valence-corrected chi connectivity index (χ2v) is 7.58. The average Bonchev–Trinajstić information content (AvgIpc) is 3.21. The third-order valence-electron chi connectivity index (χ3n) is 4.29. The molecule has 29 heavy (non-hydrogen) atoms. The maximum atomic E-state index is 13.2. The normalized spacial score (nSPS) is 10.7. The molecule has 2 amide bonds. The van der Waals surface area contributed by atoms with Gasteiger partial charge in [0.2, 0.25) is 11.8 Å². The van der Waals surface area contributed by atoms with Crippen LogP contribution < -0.4 is 0 Å². The van der Waals surface area contributed by atoms with Crippen molar-refractivity contribution in [2.45, 2.75) is 19.5 Å². The quantitative estimate of drug-likeness (QED) is 0.494. The van der Waals surface area contributed by atoms with Crippen LogP contribution >= 0.6 is 11.3 Å². The van der Waals surface area contributed by atoms with Crippen molar-refractivity contribution < 1.29 is 23.5 Å². The smallest absolute Gasteiger partial charge is 0.249 e. The largest absolute Gasteiger partial charge is 0.385 e. The molecule has 0 bridgehead atoms. The van der Waals surface area contributed by atoms with E-state index in [1.54, 1.807) is 35.5 Å². The lowest BCUT2D eigenvalue weighted by Crippen LogP contribution is -2.44. The summed E-state index contributed by atoms with van der Waals surface area (Å²) in [6, 6.07) is 9.97. The summed E-state index contributed by atoms with van der Waals surface area (Å²) >= 11 is 1.56. The molecule has 1 aromatic carbocycles. The van der Waals surface area contributed by atoms with E-state index in [0.29, 0.717) is 32.7 Å². The van der Waals surface area contributed by atoms with Gasteiger partial charge in [0.05, 0.1) is 13.1 Å². The molecule has 158 valence electrons. The zero-order valence-electron chi connectivity index (χ0n) is 16.8. The fraction of sp³-hybridized carbons (Fsp3) is 0.429. The fourth-order valence-corrected chi connectivity index (χ4v) is 3.52. The van der Waals surface area contributed by atoms with E-state index in [0.717, 1.165) is 10.4 Å². The number of hydrogen-bond acceptors (Lipinski definition) is 5. The summed E-state index contributed by atoms with van der Waals surface area (Å²) in [4.78, 5) is 29.7. The number of ether oxygens (including phenoxy) is 2. The van der Waals surface area contributed by atoms with E-state index in [9.17, 15) is 14.0 Å². The molecule has 0 radical (unpaired) electrons. The molecule has 6 nitrogen and oxygen atoms in total. The molecule has 0 saturated heterocycles. The van der Waals surface area contributed by atoms with Crippen LogP contribution in [0.3, 0.4) is 0 Å². The number of rotatable bonds is 12. The van der Waals surface area contributed by atoms with Crippen LogP contribution in [0.25, 0.3) is 0 Å². The molecule has 0 aliphatic heterocycles. The van der Waals surface area contributed by atoms with Crippen LogP contribution in [0, 0.1) is 5.82 Å². The van der Waals surface area contributed by atoms with Crippen molar-refractivity contribution in [3.63, 3.8) is 0 Å². The molecule has 1 heterocycles. The number of halogens is 1. The Morgan fingerprint density at radius 3 is 2.38 bits per heavy atom. The van der Waals surface area contributed by atoms with E-state index in [-0.39, 0.29) is 30.8 Å². The highest BCUT2D eigenvalue weighted by molar-refractivity contribution is 7.09. The molecule has 0 aliphatic carbocycles. The van der Waals surface area contributed by atoms with Gasteiger partial charge in [-0.1, -0.05) is 18.2 Å². The molecule has 0 atom stereocenters. The number of amides is 2. The lowest BCUT2D eigenvalue weighted by molar-refractivity contribution is -0.143. The maximum Gasteiger partial charge on any atom is 0.249 e. The Kier molecular flexibility index (Phi) is 9.76. The van der Waals surface area contributed by atoms with Crippen molar-refractivity contribution in [3.8, 4) is 0 Å². The maximum absolute atomic E-state index is 13.2. The highest BCUT2D eigenvalue weighted by atomic mass is 32.1. The van der Waals surface area contributed by atoms with E-state index in [4.69, 9.17) is 9.47 Å². The monoisotopic (exact) mass is 422 g/mol. The Balaban J connectivity index is 2.11. The van der Waals surface area contributed by atoms with Crippen molar-refractivity contribution in [1.82, 2.24) is 9.80 Å². The minimum Gasteiger partial charge on any atom is -0.385 e.